The van der Waals surface area contributed by atoms with E-state index in [0.717, 1.165) is 30.0 Å². The average Bonchev–Trinajstić information content (AvgIpc) is 2.34. The van der Waals surface area contributed by atoms with Crippen molar-refractivity contribution in [2.75, 3.05) is 20.7 Å². The second-order valence-electron chi connectivity index (χ2n) is 3.41. The molecule has 0 aliphatic rings. The molecule has 86 valence electrons. The van der Waals surface area contributed by atoms with E-state index in [-0.39, 0.29) is 0 Å². The van der Waals surface area contributed by atoms with Crippen LogP contribution in [0.3, 0.4) is 0 Å². The number of methoxy groups -OCH3 is 1. The van der Waals surface area contributed by atoms with Crippen molar-refractivity contribution in [3.05, 3.63) is 29.8 Å². The van der Waals surface area contributed by atoms with Gasteiger partial charge in [-0.15, -0.1) is 0 Å². The van der Waals surface area contributed by atoms with Gasteiger partial charge in [0.05, 0.1) is 7.11 Å². The highest BCUT2D eigenvalue weighted by Gasteiger charge is 2.09. The van der Waals surface area contributed by atoms with E-state index < -0.39 is 0 Å². The fraction of sp³-hybridized carbons (Fsp3) is 0.308. The second kappa shape index (κ2) is 6.08. The molecule has 0 aromatic heterocycles. The normalized spacial score (nSPS) is 9.88. The summed E-state index contributed by atoms with van der Waals surface area (Å²) in [5.74, 6) is 0.734. The Bertz CT molecular complexity index is 386. The van der Waals surface area contributed by atoms with Crippen LogP contribution in [0.25, 0.3) is 6.08 Å². The van der Waals surface area contributed by atoms with Crippen LogP contribution in [0.1, 0.15) is 11.1 Å². The lowest BCUT2D eigenvalue weighted by atomic mass is 10.0. The number of aliphatic imine (C=N–C) groups is 1. The summed E-state index contributed by atoms with van der Waals surface area (Å²) in [6.07, 6.45) is 2.74. The van der Waals surface area contributed by atoms with E-state index in [1.54, 1.807) is 13.2 Å². The summed E-state index contributed by atoms with van der Waals surface area (Å²) >= 11 is 0. The fourth-order valence-electron chi connectivity index (χ4n) is 1.66. The third-order valence-electron chi connectivity index (χ3n) is 2.50. The van der Waals surface area contributed by atoms with Crippen molar-refractivity contribution in [3.63, 3.8) is 0 Å². The van der Waals surface area contributed by atoms with Crippen LogP contribution in [0.4, 0.5) is 5.69 Å². The number of likely N-dealkylation sites (N-methyl/N-ethyl adjacent to an activating group) is 1. The van der Waals surface area contributed by atoms with Gasteiger partial charge in [-0.25, -0.2) is 0 Å². The maximum absolute atomic E-state index is 5.24. The van der Waals surface area contributed by atoms with Crippen molar-refractivity contribution < 1.29 is 4.74 Å². The van der Waals surface area contributed by atoms with Gasteiger partial charge in [-0.05, 0) is 38.4 Å². The lowest BCUT2D eigenvalue weighted by Crippen LogP contribution is -2.11. The van der Waals surface area contributed by atoms with E-state index in [2.05, 4.69) is 23.6 Å². The predicted octanol–water partition coefficient (Wildman–Crippen LogP) is 2.43. The maximum atomic E-state index is 5.24. The molecule has 0 amide bonds. The minimum absolute atomic E-state index is 0.734. The minimum Gasteiger partial charge on any atom is -0.494 e. The highest BCUT2D eigenvalue weighted by molar-refractivity contribution is 5.73. The van der Waals surface area contributed by atoms with Gasteiger partial charge in [0.15, 0.2) is 0 Å². The molecule has 1 N–H and O–H groups in total. The molecule has 0 unspecified atom stereocenters. The summed E-state index contributed by atoms with van der Waals surface area (Å²) in [6, 6.07) is 3.96. The summed E-state index contributed by atoms with van der Waals surface area (Å²) in [7, 11) is 3.56. The molecule has 1 aromatic rings. The summed E-state index contributed by atoms with van der Waals surface area (Å²) in [5, 5.41) is 3.12. The van der Waals surface area contributed by atoms with Gasteiger partial charge in [-0.1, -0.05) is 18.7 Å². The minimum atomic E-state index is 0.734. The highest BCUT2D eigenvalue weighted by Crippen LogP contribution is 2.34. The quantitative estimate of drug-likeness (QED) is 0.744. The Hall–Kier alpha value is -1.61. The Morgan fingerprint density at radius 1 is 1.50 bits per heavy atom. The zero-order valence-corrected chi connectivity index (χ0v) is 9.92. The third kappa shape index (κ3) is 2.49. The van der Waals surface area contributed by atoms with Gasteiger partial charge in [0.25, 0.3) is 0 Å². The molecule has 0 aliphatic carbocycles. The van der Waals surface area contributed by atoms with Gasteiger partial charge in [-0.2, -0.15) is 0 Å². The van der Waals surface area contributed by atoms with Crippen LogP contribution in [0, 0.1) is 0 Å². The van der Waals surface area contributed by atoms with Crippen molar-refractivity contribution >= 4 is 18.5 Å². The van der Waals surface area contributed by atoms with Crippen molar-refractivity contribution in [1.29, 1.82) is 0 Å². The molecular weight excluding hydrogens is 200 g/mol. The number of rotatable bonds is 6. The predicted molar refractivity (Wildman–Crippen MR) is 69.9 cm³/mol. The van der Waals surface area contributed by atoms with Gasteiger partial charge in [-0.3, -0.25) is 4.99 Å². The zero-order chi connectivity index (χ0) is 12.0. The molecule has 0 heterocycles. The molecule has 0 radical (unpaired) electrons. The van der Waals surface area contributed by atoms with Gasteiger partial charge >= 0.3 is 0 Å². The molecule has 3 nitrogen and oxygen atoms in total. The first-order valence-electron chi connectivity index (χ1n) is 5.22. The molecule has 0 saturated carbocycles. The molecule has 1 aromatic carbocycles. The largest absolute Gasteiger partial charge is 0.494 e. The first kappa shape index (κ1) is 12.5. The van der Waals surface area contributed by atoms with E-state index in [0.29, 0.717) is 0 Å². The van der Waals surface area contributed by atoms with Gasteiger partial charge < -0.3 is 10.1 Å². The Kier molecular flexibility index (Phi) is 4.73. The molecule has 0 saturated heterocycles. The molecule has 0 fully saturated rings. The molecular formula is C13H18N2O. The van der Waals surface area contributed by atoms with Crippen molar-refractivity contribution in [1.82, 2.24) is 5.32 Å². The summed E-state index contributed by atoms with van der Waals surface area (Å²) in [5.41, 5.74) is 2.98. The van der Waals surface area contributed by atoms with E-state index in [9.17, 15) is 0 Å². The topological polar surface area (TPSA) is 33.6 Å². The fourth-order valence-corrected chi connectivity index (χ4v) is 1.66. The first-order valence-corrected chi connectivity index (χ1v) is 5.22. The van der Waals surface area contributed by atoms with E-state index in [1.165, 1.54) is 5.56 Å². The molecule has 0 spiro atoms. The monoisotopic (exact) mass is 218 g/mol. The Morgan fingerprint density at radius 2 is 2.25 bits per heavy atom. The standard InChI is InChI=1S/C13H18N2O/c1-5-11-10(8-9-14-2)6-7-12(16-4)13(11)15-3/h5-7,14H,1,3,8-9H2,2,4H3. The Labute approximate surface area is 96.9 Å². The number of ether oxygens (including phenoxy) is 1. The lowest BCUT2D eigenvalue weighted by Gasteiger charge is -2.12. The molecule has 0 atom stereocenters. The van der Waals surface area contributed by atoms with Crippen molar-refractivity contribution in [2.45, 2.75) is 6.42 Å². The Morgan fingerprint density at radius 3 is 2.75 bits per heavy atom. The molecule has 0 bridgehead atoms. The van der Waals surface area contributed by atoms with Crippen LogP contribution in [0.2, 0.25) is 0 Å². The van der Waals surface area contributed by atoms with Crippen LogP contribution in [-0.2, 0) is 6.42 Å². The first-order chi connectivity index (χ1) is 7.78. The highest BCUT2D eigenvalue weighted by atomic mass is 16.5. The molecule has 0 aliphatic heterocycles. The number of nitrogens with zero attached hydrogens (tertiary/aromatic N) is 1. The third-order valence-corrected chi connectivity index (χ3v) is 2.50. The van der Waals surface area contributed by atoms with E-state index in [1.807, 2.05) is 19.2 Å². The summed E-state index contributed by atoms with van der Waals surface area (Å²) in [4.78, 5) is 4.01. The summed E-state index contributed by atoms with van der Waals surface area (Å²) in [6.45, 7) is 8.32. The second-order valence-corrected chi connectivity index (χ2v) is 3.41. The van der Waals surface area contributed by atoms with E-state index >= 15 is 0 Å². The van der Waals surface area contributed by atoms with Crippen LogP contribution in [0.15, 0.2) is 23.7 Å². The average molecular weight is 218 g/mol. The smallest absolute Gasteiger partial charge is 0.145 e. The number of benzene rings is 1. The molecule has 3 heteroatoms. The van der Waals surface area contributed by atoms with E-state index in [4.69, 9.17) is 4.74 Å². The van der Waals surface area contributed by atoms with Gasteiger partial charge in [0.1, 0.15) is 11.4 Å². The lowest BCUT2D eigenvalue weighted by molar-refractivity contribution is 0.416. The van der Waals surface area contributed by atoms with Crippen LogP contribution < -0.4 is 10.1 Å². The van der Waals surface area contributed by atoms with Crippen molar-refractivity contribution in [3.8, 4) is 5.75 Å². The van der Waals surface area contributed by atoms with Gasteiger partial charge in [0.2, 0.25) is 0 Å². The Balaban J connectivity index is 3.20. The SMILES string of the molecule is C=Cc1c(CCNC)ccc(OC)c1N=C. The number of hydrogen-bond donors (Lipinski definition) is 1. The maximum Gasteiger partial charge on any atom is 0.145 e. The summed E-state index contributed by atoms with van der Waals surface area (Å²) < 4.78 is 5.24. The molecule has 16 heavy (non-hydrogen) atoms. The molecule has 1 rings (SSSR count). The van der Waals surface area contributed by atoms with Crippen molar-refractivity contribution in [2.24, 2.45) is 4.99 Å². The van der Waals surface area contributed by atoms with Crippen LogP contribution in [-0.4, -0.2) is 27.4 Å². The number of nitrogens with one attached hydrogen (secondary N) is 1. The zero-order valence-electron chi connectivity index (χ0n) is 9.92. The van der Waals surface area contributed by atoms with Crippen LogP contribution in [0.5, 0.6) is 5.75 Å². The van der Waals surface area contributed by atoms with Gasteiger partial charge in [0, 0.05) is 5.56 Å². The van der Waals surface area contributed by atoms with Crippen LogP contribution >= 0.6 is 0 Å². The number of hydrogen-bond acceptors (Lipinski definition) is 3.